The lowest BCUT2D eigenvalue weighted by molar-refractivity contribution is -0.384. The van der Waals surface area contributed by atoms with E-state index in [0.717, 1.165) is 11.3 Å². The maximum Gasteiger partial charge on any atom is 0.273 e. The van der Waals surface area contributed by atoms with Gasteiger partial charge in [-0.05, 0) is 29.8 Å². The molecule has 10 heteroatoms. The molecule has 3 rings (SSSR count). The topological polar surface area (TPSA) is 122 Å². The number of amides is 1. The van der Waals surface area contributed by atoms with Crippen LogP contribution in [-0.4, -0.2) is 30.5 Å². The number of non-ortho nitro benzene ring substituents is 1. The van der Waals surface area contributed by atoms with E-state index in [1.807, 2.05) is 0 Å². The van der Waals surface area contributed by atoms with Crippen LogP contribution in [-0.2, 0) is 10.0 Å². The molecule has 0 bridgehead atoms. The standard InChI is InChI=1S/C15H14N4O5S/c1-25(23,24)17-18-14(10-6-8-11(9-7-10)19(21)22)16-13-5-3-2-4-12(13)15(18)20/h2-9,14,16-17H,1H3/t14-/m0/s1. The van der Waals surface area contributed by atoms with E-state index >= 15 is 0 Å². The van der Waals surface area contributed by atoms with Crippen molar-refractivity contribution in [2.75, 3.05) is 11.6 Å². The van der Waals surface area contributed by atoms with Gasteiger partial charge in [-0.1, -0.05) is 12.1 Å². The van der Waals surface area contributed by atoms with E-state index in [1.165, 1.54) is 24.3 Å². The predicted molar refractivity (Wildman–Crippen MR) is 90.1 cm³/mol. The molecule has 9 nitrogen and oxygen atoms in total. The molecule has 0 saturated carbocycles. The van der Waals surface area contributed by atoms with Gasteiger partial charge < -0.3 is 5.32 Å². The highest BCUT2D eigenvalue weighted by atomic mass is 32.2. The second-order valence-electron chi connectivity index (χ2n) is 5.48. The number of hydrogen-bond acceptors (Lipinski definition) is 6. The van der Waals surface area contributed by atoms with Crippen LogP contribution < -0.4 is 10.1 Å². The number of hydrazine groups is 1. The van der Waals surface area contributed by atoms with E-state index in [1.54, 1.807) is 24.3 Å². The van der Waals surface area contributed by atoms with Gasteiger partial charge in [0, 0.05) is 17.8 Å². The Bertz CT molecular complexity index is 943. The maximum atomic E-state index is 12.7. The Hall–Kier alpha value is -2.98. The van der Waals surface area contributed by atoms with Crippen molar-refractivity contribution in [1.29, 1.82) is 0 Å². The molecule has 0 aromatic heterocycles. The van der Waals surface area contributed by atoms with E-state index in [-0.39, 0.29) is 5.69 Å². The summed E-state index contributed by atoms with van der Waals surface area (Å²) in [6.07, 6.45) is 0.0890. The van der Waals surface area contributed by atoms with Crippen molar-refractivity contribution in [3.05, 3.63) is 69.8 Å². The van der Waals surface area contributed by atoms with Crippen molar-refractivity contribution in [1.82, 2.24) is 9.84 Å². The largest absolute Gasteiger partial charge is 0.360 e. The number of rotatable bonds is 4. The summed E-state index contributed by atoms with van der Waals surface area (Å²) in [5, 5.41) is 14.8. The van der Waals surface area contributed by atoms with Crippen LogP contribution in [0.15, 0.2) is 48.5 Å². The number of fused-ring (bicyclic) bond motifs is 1. The number of benzene rings is 2. The van der Waals surface area contributed by atoms with E-state index in [2.05, 4.69) is 10.1 Å². The molecule has 2 aromatic carbocycles. The molecule has 1 atom stereocenters. The number of carbonyl (C=O) groups is 1. The van der Waals surface area contributed by atoms with Crippen LogP contribution in [0.3, 0.4) is 0 Å². The highest BCUT2D eigenvalue weighted by Crippen LogP contribution is 2.32. The van der Waals surface area contributed by atoms with Gasteiger partial charge in [-0.3, -0.25) is 14.9 Å². The third kappa shape index (κ3) is 3.44. The van der Waals surface area contributed by atoms with Crippen LogP contribution in [0.25, 0.3) is 0 Å². The molecule has 0 saturated heterocycles. The summed E-state index contributed by atoms with van der Waals surface area (Å²) in [6, 6.07) is 12.2. The second kappa shape index (κ2) is 6.15. The SMILES string of the molecule is CS(=O)(=O)NN1C(=O)c2ccccc2N[C@@H]1c1ccc([N+](=O)[O-])cc1. The van der Waals surface area contributed by atoms with Gasteiger partial charge in [0.1, 0.15) is 6.17 Å². The molecule has 0 spiro atoms. The summed E-state index contributed by atoms with van der Waals surface area (Å²) in [4.78, 5) is 25.2. The molecule has 0 aliphatic carbocycles. The molecular formula is C15H14N4O5S. The fourth-order valence-corrected chi connectivity index (χ4v) is 3.08. The normalized spacial score (nSPS) is 16.9. The van der Waals surface area contributed by atoms with Crippen LogP contribution in [0.5, 0.6) is 0 Å². The molecule has 1 heterocycles. The zero-order valence-electron chi connectivity index (χ0n) is 13.0. The number of nitro groups is 1. The first-order chi connectivity index (χ1) is 11.8. The highest BCUT2D eigenvalue weighted by Gasteiger charge is 2.34. The van der Waals surface area contributed by atoms with Crippen LogP contribution in [0, 0.1) is 10.1 Å². The Balaban J connectivity index is 2.05. The second-order valence-corrected chi connectivity index (χ2v) is 7.21. The molecule has 25 heavy (non-hydrogen) atoms. The lowest BCUT2D eigenvalue weighted by Gasteiger charge is -2.37. The summed E-state index contributed by atoms with van der Waals surface area (Å²) in [5.74, 6) is -0.525. The van der Waals surface area contributed by atoms with Gasteiger partial charge in [0.25, 0.3) is 11.6 Å². The molecule has 0 fully saturated rings. The zero-order valence-corrected chi connectivity index (χ0v) is 13.9. The minimum atomic E-state index is -3.71. The van der Waals surface area contributed by atoms with E-state index in [9.17, 15) is 23.3 Å². The average Bonchev–Trinajstić information content (AvgIpc) is 2.56. The average molecular weight is 362 g/mol. The highest BCUT2D eigenvalue weighted by molar-refractivity contribution is 7.88. The summed E-state index contributed by atoms with van der Waals surface area (Å²) in [5.41, 5.74) is 1.25. The summed E-state index contributed by atoms with van der Waals surface area (Å²) in [6.45, 7) is 0. The molecule has 0 unspecified atom stereocenters. The zero-order chi connectivity index (χ0) is 18.2. The van der Waals surface area contributed by atoms with Gasteiger partial charge in [0.2, 0.25) is 10.0 Å². The molecule has 130 valence electrons. The van der Waals surface area contributed by atoms with Crippen LogP contribution in [0.2, 0.25) is 0 Å². The number of nitro benzene ring substituents is 1. The Morgan fingerprint density at radius 2 is 1.80 bits per heavy atom. The Morgan fingerprint density at radius 3 is 2.40 bits per heavy atom. The monoisotopic (exact) mass is 362 g/mol. The van der Waals surface area contributed by atoms with Crippen LogP contribution in [0.4, 0.5) is 11.4 Å². The Labute approximate surface area is 143 Å². The summed E-state index contributed by atoms with van der Waals surface area (Å²) >= 11 is 0. The van der Waals surface area contributed by atoms with Crippen molar-refractivity contribution in [2.24, 2.45) is 0 Å². The molecular weight excluding hydrogens is 348 g/mol. The first-order valence-corrected chi connectivity index (χ1v) is 9.06. The lowest BCUT2D eigenvalue weighted by atomic mass is 10.0. The van der Waals surface area contributed by atoms with Gasteiger partial charge >= 0.3 is 0 Å². The van der Waals surface area contributed by atoms with E-state index in [4.69, 9.17) is 0 Å². The van der Waals surface area contributed by atoms with Gasteiger partial charge in [0.15, 0.2) is 0 Å². The summed E-state index contributed by atoms with van der Waals surface area (Å²) < 4.78 is 23.3. The predicted octanol–water partition coefficient (Wildman–Crippen LogP) is 1.63. The molecule has 2 N–H and O–H groups in total. The quantitative estimate of drug-likeness (QED) is 0.630. The number of hydrogen-bond donors (Lipinski definition) is 2. The lowest BCUT2D eigenvalue weighted by Crippen LogP contribution is -2.52. The number of anilines is 1. The third-order valence-corrected chi connectivity index (χ3v) is 4.14. The number of nitrogens with one attached hydrogen (secondary N) is 2. The first-order valence-electron chi connectivity index (χ1n) is 7.17. The van der Waals surface area contributed by atoms with Gasteiger partial charge in [0.05, 0.1) is 16.7 Å². The molecule has 0 radical (unpaired) electrons. The van der Waals surface area contributed by atoms with Crippen molar-refractivity contribution < 1.29 is 18.1 Å². The molecule has 1 aliphatic heterocycles. The maximum absolute atomic E-state index is 12.7. The van der Waals surface area contributed by atoms with Crippen molar-refractivity contribution in [2.45, 2.75) is 6.17 Å². The minimum Gasteiger partial charge on any atom is -0.360 e. The van der Waals surface area contributed by atoms with Crippen molar-refractivity contribution in [3.63, 3.8) is 0 Å². The molecule has 1 amide bonds. The van der Waals surface area contributed by atoms with Gasteiger partial charge in [-0.15, -0.1) is 4.83 Å². The number of nitrogens with zero attached hydrogens (tertiary/aromatic N) is 2. The fourth-order valence-electron chi connectivity index (χ4n) is 2.54. The van der Waals surface area contributed by atoms with Crippen LogP contribution in [0.1, 0.15) is 22.1 Å². The Kier molecular flexibility index (Phi) is 4.15. The van der Waals surface area contributed by atoms with Crippen LogP contribution >= 0.6 is 0 Å². The smallest absolute Gasteiger partial charge is 0.273 e. The molecule has 1 aliphatic rings. The fraction of sp³-hybridized carbons (Fsp3) is 0.133. The Morgan fingerprint density at radius 1 is 1.16 bits per heavy atom. The van der Waals surface area contributed by atoms with Gasteiger partial charge in [-0.25, -0.2) is 13.4 Å². The van der Waals surface area contributed by atoms with Crippen molar-refractivity contribution in [3.8, 4) is 0 Å². The van der Waals surface area contributed by atoms with Gasteiger partial charge in [-0.2, -0.15) is 0 Å². The number of carbonyl (C=O) groups excluding carboxylic acids is 1. The number of sulfonamides is 1. The van der Waals surface area contributed by atoms with E-state index in [0.29, 0.717) is 16.8 Å². The molecule has 2 aromatic rings. The summed E-state index contributed by atoms with van der Waals surface area (Å²) in [7, 11) is -3.71. The van der Waals surface area contributed by atoms with E-state index < -0.39 is 27.0 Å². The number of para-hydroxylation sites is 1. The van der Waals surface area contributed by atoms with Crippen molar-refractivity contribution >= 4 is 27.3 Å². The minimum absolute atomic E-state index is 0.103. The first kappa shape index (κ1) is 16.9. The third-order valence-electron chi connectivity index (χ3n) is 3.61.